The summed E-state index contributed by atoms with van der Waals surface area (Å²) < 4.78 is 7.88. The van der Waals surface area contributed by atoms with Gasteiger partial charge in [-0.15, -0.1) is 11.3 Å². The molecule has 8 heteroatoms. The van der Waals surface area contributed by atoms with Crippen LogP contribution in [0.2, 0.25) is 0 Å². The Morgan fingerprint density at radius 3 is 2.55 bits per heavy atom. The number of amides is 1. The highest BCUT2D eigenvalue weighted by Crippen LogP contribution is 2.32. The minimum absolute atomic E-state index is 0.232. The van der Waals surface area contributed by atoms with Crippen LogP contribution in [0.25, 0.3) is 22.2 Å². The predicted molar refractivity (Wildman–Crippen MR) is 162 cm³/mol. The number of benzene rings is 3. The number of hydrogen-bond donors (Lipinski definition) is 1. The fourth-order valence-corrected chi connectivity index (χ4v) is 6.33. The van der Waals surface area contributed by atoms with Gasteiger partial charge in [0.05, 0.1) is 15.9 Å². The van der Waals surface area contributed by atoms with Gasteiger partial charge in [0.15, 0.2) is 10.7 Å². The van der Waals surface area contributed by atoms with Crippen molar-refractivity contribution in [1.29, 1.82) is 0 Å². The Kier molecular flexibility index (Phi) is 7.66. The van der Waals surface area contributed by atoms with E-state index in [0.717, 1.165) is 53.7 Å². The highest BCUT2D eigenvalue weighted by molar-refractivity contribution is 9.11. The van der Waals surface area contributed by atoms with Gasteiger partial charge in [0.1, 0.15) is 5.56 Å². The monoisotopic (exact) mass is 649 g/mol. The van der Waals surface area contributed by atoms with Crippen molar-refractivity contribution in [2.75, 3.05) is 5.32 Å². The van der Waals surface area contributed by atoms with Crippen molar-refractivity contribution >= 4 is 70.9 Å². The van der Waals surface area contributed by atoms with Crippen molar-refractivity contribution < 1.29 is 9.21 Å². The molecule has 2 aromatic heterocycles. The molecule has 0 spiro atoms. The molecule has 0 aliphatic carbocycles. The van der Waals surface area contributed by atoms with Crippen LogP contribution in [0, 0.1) is 20.8 Å². The topological polar surface area (TPSA) is 67.5 Å². The van der Waals surface area contributed by atoms with Crippen molar-refractivity contribution in [2.24, 2.45) is 4.99 Å². The van der Waals surface area contributed by atoms with Crippen molar-refractivity contribution in [3.05, 3.63) is 102 Å². The first-order valence-corrected chi connectivity index (χ1v) is 14.6. The van der Waals surface area contributed by atoms with Gasteiger partial charge < -0.3 is 4.42 Å². The van der Waals surface area contributed by atoms with Gasteiger partial charge in [0.25, 0.3) is 5.91 Å². The lowest BCUT2D eigenvalue weighted by molar-refractivity contribution is 0.102. The van der Waals surface area contributed by atoms with Crippen LogP contribution in [-0.4, -0.2) is 10.9 Å². The molecule has 5 aromatic rings. The molecule has 1 N–H and O–H groups in total. The van der Waals surface area contributed by atoms with E-state index in [1.165, 1.54) is 16.9 Å². The lowest BCUT2D eigenvalue weighted by Crippen LogP contribution is -2.21. The van der Waals surface area contributed by atoms with Crippen LogP contribution in [0.1, 0.15) is 38.8 Å². The van der Waals surface area contributed by atoms with E-state index in [0.29, 0.717) is 16.3 Å². The Hall–Kier alpha value is -3.07. The lowest BCUT2D eigenvalue weighted by atomic mass is 10.1. The van der Waals surface area contributed by atoms with Crippen LogP contribution in [0.3, 0.4) is 0 Å². The van der Waals surface area contributed by atoms with Crippen molar-refractivity contribution in [3.63, 3.8) is 0 Å². The van der Waals surface area contributed by atoms with Crippen molar-refractivity contribution in [3.8, 4) is 11.3 Å². The number of nitrogens with zero attached hydrogens (tertiary/aromatic N) is 2. The van der Waals surface area contributed by atoms with E-state index >= 15 is 0 Å². The molecule has 0 bridgehead atoms. The molecule has 1 amide bonds. The van der Waals surface area contributed by atoms with E-state index in [-0.39, 0.29) is 11.5 Å². The number of aromatic nitrogens is 1. The highest BCUT2D eigenvalue weighted by atomic mass is 79.9. The Morgan fingerprint density at radius 1 is 1.05 bits per heavy atom. The molecule has 0 aliphatic rings. The summed E-state index contributed by atoms with van der Waals surface area (Å²) in [4.78, 5) is 24.2. The number of thiazole rings is 1. The van der Waals surface area contributed by atoms with Crippen molar-refractivity contribution in [2.45, 2.75) is 34.1 Å². The number of aryl methyl sites for hydroxylation is 3. The molecule has 0 aliphatic heterocycles. The average molecular weight is 651 g/mol. The summed E-state index contributed by atoms with van der Waals surface area (Å²) in [6.45, 7) is 8.19. The van der Waals surface area contributed by atoms with E-state index in [1.54, 1.807) is 6.07 Å². The smallest absolute Gasteiger partial charge is 0.262 e. The molecule has 5 rings (SSSR count). The quantitative estimate of drug-likeness (QED) is 0.206. The largest absolute Gasteiger partial charge is 0.436 e. The molecule has 0 saturated heterocycles. The number of carbonyl (C=O) groups is 1. The Balaban J connectivity index is 1.59. The van der Waals surface area contributed by atoms with Crippen molar-refractivity contribution in [1.82, 2.24) is 4.98 Å². The number of anilines is 1. The molecule has 38 heavy (non-hydrogen) atoms. The van der Waals surface area contributed by atoms with Crippen LogP contribution >= 0.6 is 43.2 Å². The molecule has 0 radical (unpaired) electrons. The maximum absolute atomic E-state index is 13.6. The summed E-state index contributed by atoms with van der Waals surface area (Å²) in [6, 6.07) is 19.9. The van der Waals surface area contributed by atoms with Gasteiger partial charge in [-0.1, -0.05) is 59.3 Å². The van der Waals surface area contributed by atoms with Gasteiger partial charge in [-0.3, -0.25) is 10.1 Å². The maximum atomic E-state index is 13.6. The molecule has 2 heterocycles. The fraction of sp³-hybridized carbons (Fsp3) is 0.167. The molecule has 0 fully saturated rings. The number of nitrogens with one attached hydrogen (secondary N) is 1. The first-order valence-electron chi connectivity index (χ1n) is 12.2. The number of halogens is 2. The Bertz CT molecular complexity index is 1750. The number of fused-ring (bicyclic) bond motifs is 1. The minimum atomic E-state index is -0.336. The van der Waals surface area contributed by atoms with Gasteiger partial charge >= 0.3 is 0 Å². The zero-order chi connectivity index (χ0) is 27.0. The molecular weight excluding hydrogens is 626 g/mol. The highest BCUT2D eigenvalue weighted by Gasteiger charge is 2.18. The second kappa shape index (κ2) is 11.0. The molecule has 0 saturated carbocycles. The second-order valence-corrected chi connectivity index (χ2v) is 12.0. The number of hydrogen-bond acceptors (Lipinski definition) is 5. The lowest BCUT2D eigenvalue weighted by Gasteiger charge is -2.08. The number of carbonyl (C=O) groups excluding carboxylic acids is 1. The van der Waals surface area contributed by atoms with Gasteiger partial charge in [-0.05, 0) is 84.1 Å². The summed E-state index contributed by atoms with van der Waals surface area (Å²) in [7, 11) is 0. The third-order valence-electron chi connectivity index (χ3n) is 6.46. The predicted octanol–water partition coefficient (Wildman–Crippen LogP) is 9.05. The zero-order valence-electron chi connectivity index (χ0n) is 21.4. The Morgan fingerprint density at radius 2 is 1.82 bits per heavy atom. The average Bonchev–Trinajstić information content (AvgIpc) is 3.26. The van der Waals surface area contributed by atoms with Crippen LogP contribution in [-0.2, 0) is 6.42 Å². The maximum Gasteiger partial charge on any atom is 0.262 e. The van der Waals surface area contributed by atoms with E-state index < -0.39 is 0 Å². The van der Waals surface area contributed by atoms with E-state index in [9.17, 15) is 4.79 Å². The first-order chi connectivity index (χ1) is 18.2. The van der Waals surface area contributed by atoms with Gasteiger partial charge in [-0.25, -0.2) is 9.98 Å². The van der Waals surface area contributed by atoms with Crippen LogP contribution in [0.15, 0.2) is 79.0 Å². The normalized spacial score (nSPS) is 11.8. The molecule has 0 unspecified atom stereocenters. The summed E-state index contributed by atoms with van der Waals surface area (Å²) >= 11 is 8.55. The Labute approximate surface area is 241 Å². The summed E-state index contributed by atoms with van der Waals surface area (Å²) in [5.74, 6) is -0.336. The van der Waals surface area contributed by atoms with Gasteiger partial charge in [-0.2, -0.15) is 0 Å². The molecule has 0 atom stereocenters. The minimum Gasteiger partial charge on any atom is -0.436 e. The molecular formula is C30H25Br2N3O2S. The van der Waals surface area contributed by atoms with Gasteiger partial charge in [0, 0.05) is 20.3 Å². The molecule has 192 valence electrons. The van der Waals surface area contributed by atoms with E-state index in [2.05, 4.69) is 68.4 Å². The summed E-state index contributed by atoms with van der Waals surface area (Å²) in [5.41, 5.74) is 7.21. The summed E-state index contributed by atoms with van der Waals surface area (Å²) in [6.07, 6.45) is 0.983. The third-order valence-corrected chi connectivity index (χ3v) is 8.39. The third kappa shape index (κ3) is 5.39. The molecule has 5 nitrogen and oxygen atoms in total. The zero-order valence-corrected chi connectivity index (χ0v) is 25.3. The fourth-order valence-electron chi connectivity index (χ4n) is 4.16. The standard InChI is InChI=1S/C30H25Br2N3O2S/c1-5-19-9-11-20(12-10-19)26-18(4)38-30(34-26)35-28(36)23-14-21-13-22(31)15-24(32)27(21)37-29(23)33-25-8-6-7-16(2)17(25)3/h6-15H,5H2,1-4H3,(H,34,35,36). The van der Waals surface area contributed by atoms with Crippen LogP contribution in [0.5, 0.6) is 0 Å². The van der Waals surface area contributed by atoms with Gasteiger partial charge in [0.2, 0.25) is 5.55 Å². The van der Waals surface area contributed by atoms with Crippen LogP contribution < -0.4 is 10.9 Å². The number of rotatable bonds is 5. The molecule has 3 aromatic carbocycles. The first kappa shape index (κ1) is 26.5. The second-order valence-electron chi connectivity index (χ2n) is 9.03. The summed E-state index contributed by atoms with van der Waals surface area (Å²) in [5, 5.41) is 4.27. The van der Waals surface area contributed by atoms with E-state index in [4.69, 9.17) is 14.4 Å². The van der Waals surface area contributed by atoms with E-state index in [1.807, 2.05) is 51.1 Å². The van der Waals surface area contributed by atoms with Crippen LogP contribution in [0.4, 0.5) is 10.8 Å². The SMILES string of the molecule is CCc1ccc(-c2nc(NC(=O)c3cc4cc(Br)cc(Br)c4oc3=Nc3cccc(C)c3C)sc2C)cc1.